The number of aromatic amines is 1. The van der Waals surface area contributed by atoms with E-state index in [9.17, 15) is 18.0 Å². The molecular formula is C21H17F3N6O2. The Balaban J connectivity index is 1.37. The molecule has 0 aliphatic carbocycles. The van der Waals surface area contributed by atoms with Crippen LogP contribution in [0.3, 0.4) is 0 Å². The third-order valence-electron chi connectivity index (χ3n) is 4.57. The zero-order valence-electron chi connectivity index (χ0n) is 16.7. The first-order valence-electron chi connectivity index (χ1n) is 9.41. The van der Waals surface area contributed by atoms with Gasteiger partial charge in [0.2, 0.25) is 0 Å². The van der Waals surface area contributed by atoms with Crippen LogP contribution in [0.2, 0.25) is 0 Å². The number of methoxy groups -OCH3 is 1. The largest absolute Gasteiger partial charge is 0.497 e. The summed E-state index contributed by atoms with van der Waals surface area (Å²) in [6.45, 7) is 0.123. The Morgan fingerprint density at radius 2 is 1.81 bits per heavy atom. The Bertz CT molecular complexity index is 1210. The number of aromatic nitrogens is 5. The van der Waals surface area contributed by atoms with Gasteiger partial charge in [0.1, 0.15) is 11.6 Å². The minimum Gasteiger partial charge on any atom is -0.497 e. The second kappa shape index (κ2) is 8.53. The van der Waals surface area contributed by atoms with E-state index in [0.29, 0.717) is 22.9 Å². The highest BCUT2D eigenvalue weighted by Crippen LogP contribution is 2.28. The number of ether oxygens (including phenoxy) is 1. The number of H-pyrrole nitrogens is 1. The van der Waals surface area contributed by atoms with E-state index in [0.717, 1.165) is 22.1 Å². The van der Waals surface area contributed by atoms with E-state index < -0.39 is 11.9 Å². The van der Waals surface area contributed by atoms with E-state index in [2.05, 4.69) is 25.6 Å². The molecule has 0 saturated heterocycles. The van der Waals surface area contributed by atoms with Gasteiger partial charge in [-0.05, 0) is 54.6 Å². The molecule has 2 aromatic carbocycles. The summed E-state index contributed by atoms with van der Waals surface area (Å²) in [5.41, 5.74) is 0.547. The van der Waals surface area contributed by atoms with Crippen LogP contribution in [-0.2, 0) is 12.7 Å². The molecule has 2 aromatic heterocycles. The van der Waals surface area contributed by atoms with Gasteiger partial charge in [-0.15, -0.1) is 0 Å². The van der Waals surface area contributed by atoms with E-state index in [4.69, 9.17) is 4.74 Å². The van der Waals surface area contributed by atoms with Crippen molar-refractivity contribution in [3.8, 4) is 22.8 Å². The van der Waals surface area contributed by atoms with Crippen molar-refractivity contribution >= 4 is 5.91 Å². The quantitative estimate of drug-likeness (QED) is 0.475. The van der Waals surface area contributed by atoms with Crippen LogP contribution in [-0.4, -0.2) is 38.0 Å². The van der Waals surface area contributed by atoms with Crippen LogP contribution in [0.25, 0.3) is 17.1 Å². The van der Waals surface area contributed by atoms with Crippen molar-refractivity contribution in [3.63, 3.8) is 0 Å². The molecule has 0 unspecified atom stereocenters. The lowest BCUT2D eigenvalue weighted by molar-refractivity contribution is -0.141. The van der Waals surface area contributed by atoms with Gasteiger partial charge in [0, 0.05) is 17.3 Å². The number of alkyl halides is 3. The highest BCUT2D eigenvalue weighted by molar-refractivity contribution is 5.94. The van der Waals surface area contributed by atoms with Crippen LogP contribution < -0.4 is 10.1 Å². The topological polar surface area (TPSA) is 97.7 Å². The third kappa shape index (κ3) is 4.61. The maximum absolute atomic E-state index is 12.7. The van der Waals surface area contributed by atoms with Crippen molar-refractivity contribution in [1.29, 1.82) is 0 Å². The third-order valence-corrected chi connectivity index (χ3v) is 4.57. The zero-order valence-corrected chi connectivity index (χ0v) is 16.7. The molecule has 0 aliphatic heterocycles. The Labute approximate surface area is 180 Å². The molecule has 164 valence electrons. The Morgan fingerprint density at radius 3 is 2.44 bits per heavy atom. The van der Waals surface area contributed by atoms with Crippen molar-refractivity contribution in [3.05, 3.63) is 77.9 Å². The summed E-state index contributed by atoms with van der Waals surface area (Å²) in [6.07, 6.45) is -3.30. The van der Waals surface area contributed by atoms with Gasteiger partial charge in [-0.2, -0.15) is 23.4 Å². The van der Waals surface area contributed by atoms with Crippen molar-refractivity contribution in [2.24, 2.45) is 0 Å². The Morgan fingerprint density at radius 1 is 1.09 bits per heavy atom. The predicted molar refractivity (Wildman–Crippen MR) is 108 cm³/mol. The van der Waals surface area contributed by atoms with Crippen molar-refractivity contribution < 1.29 is 22.7 Å². The molecule has 2 heterocycles. The smallest absolute Gasteiger partial charge is 0.435 e. The number of hydrogen-bond acceptors (Lipinski definition) is 5. The van der Waals surface area contributed by atoms with Gasteiger partial charge >= 0.3 is 6.18 Å². The maximum Gasteiger partial charge on any atom is 0.435 e. The SMILES string of the molecule is COc1ccc(-c2n[nH]c(CNC(=O)c3ccc(-n4ccc(C(F)(F)F)n4)cc3)n2)cc1. The van der Waals surface area contributed by atoms with Crippen molar-refractivity contribution in [2.45, 2.75) is 12.7 Å². The molecule has 0 bridgehead atoms. The van der Waals surface area contributed by atoms with Gasteiger partial charge in [0.25, 0.3) is 5.91 Å². The van der Waals surface area contributed by atoms with E-state index in [1.807, 2.05) is 12.1 Å². The number of hydrogen-bond donors (Lipinski definition) is 2. The summed E-state index contributed by atoms with van der Waals surface area (Å²) in [5, 5.41) is 13.1. The minimum absolute atomic E-state index is 0.123. The van der Waals surface area contributed by atoms with Crippen LogP contribution in [0, 0.1) is 0 Å². The Hall–Kier alpha value is -4.15. The summed E-state index contributed by atoms with van der Waals surface area (Å²) in [5.74, 6) is 1.31. The fourth-order valence-electron chi connectivity index (χ4n) is 2.89. The molecule has 4 aromatic rings. The number of carbonyl (C=O) groups excluding carboxylic acids is 1. The number of carbonyl (C=O) groups is 1. The summed E-state index contributed by atoms with van der Waals surface area (Å²) < 4.78 is 44.3. The van der Waals surface area contributed by atoms with Crippen LogP contribution >= 0.6 is 0 Å². The molecule has 32 heavy (non-hydrogen) atoms. The first-order valence-corrected chi connectivity index (χ1v) is 9.41. The van der Waals surface area contributed by atoms with Crippen LogP contribution in [0.4, 0.5) is 13.2 Å². The van der Waals surface area contributed by atoms with E-state index in [-0.39, 0.29) is 12.5 Å². The summed E-state index contributed by atoms with van der Waals surface area (Å²) in [6, 6.07) is 14.2. The van der Waals surface area contributed by atoms with Crippen LogP contribution in [0.1, 0.15) is 21.9 Å². The predicted octanol–water partition coefficient (Wildman–Crippen LogP) is 3.61. The van der Waals surface area contributed by atoms with Crippen molar-refractivity contribution in [1.82, 2.24) is 30.3 Å². The maximum atomic E-state index is 12.7. The molecule has 0 aliphatic rings. The fourth-order valence-corrected chi connectivity index (χ4v) is 2.89. The van der Waals surface area contributed by atoms with Gasteiger partial charge in [-0.1, -0.05) is 0 Å². The monoisotopic (exact) mass is 442 g/mol. The molecule has 11 heteroatoms. The Kier molecular flexibility index (Phi) is 5.63. The highest BCUT2D eigenvalue weighted by atomic mass is 19.4. The van der Waals surface area contributed by atoms with E-state index in [1.165, 1.54) is 30.5 Å². The van der Waals surface area contributed by atoms with Crippen LogP contribution in [0.15, 0.2) is 60.8 Å². The van der Waals surface area contributed by atoms with Crippen molar-refractivity contribution in [2.75, 3.05) is 7.11 Å². The minimum atomic E-state index is -4.51. The molecule has 0 saturated carbocycles. The molecular weight excluding hydrogens is 425 g/mol. The average molecular weight is 442 g/mol. The molecule has 4 rings (SSSR count). The lowest BCUT2D eigenvalue weighted by Gasteiger charge is -2.06. The second-order valence-corrected chi connectivity index (χ2v) is 6.71. The average Bonchev–Trinajstić information content (AvgIpc) is 3.48. The van der Waals surface area contributed by atoms with Gasteiger partial charge in [-0.3, -0.25) is 9.89 Å². The van der Waals surface area contributed by atoms with E-state index >= 15 is 0 Å². The second-order valence-electron chi connectivity index (χ2n) is 6.71. The zero-order chi connectivity index (χ0) is 22.7. The molecule has 2 N–H and O–H groups in total. The van der Waals surface area contributed by atoms with Gasteiger partial charge in [-0.25, -0.2) is 9.67 Å². The first-order chi connectivity index (χ1) is 15.3. The lowest BCUT2D eigenvalue weighted by atomic mass is 10.2. The first kappa shape index (κ1) is 21.1. The number of halogens is 3. The number of rotatable bonds is 6. The molecule has 0 spiro atoms. The lowest BCUT2D eigenvalue weighted by Crippen LogP contribution is -2.23. The number of amides is 1. The van der Waals surface area contributed by atoms with Gasteiger partial charge in [0.15, 0.2) is 11.5 Å². The summed E-state index contributed by atoms with van der Waals surface area (Å²) >= 11 is 0. The molecule has 0 radical (unpaired) electrons. The fraction of sp³-hybridized carbons (Fsp3) is 0.143. The standard InChI is InChI=1S/C21H17F3N6O2/c1-32-16-8-4-13(5-9-16)19-26-18(27-28-19)12-25-20(31)14-2-6-15(7-3-14)30-11-10-17(29-30)21(22,23)24/h2-11H,12H2,1H3,(H,25,31)(H,26,27,28). The summed E-state index contributed by atoms with van der Waals surface area (Å²) in [7, 11) is 1.58. The number of nitrogens with zero attached hydrogens (tertiary/aromatic N) is 4. The molecule has 0 atom stereocenters. The van der Waals surface area contributed by atoms with Crippen LogP contribution in [0.5, 0.6) is 5.75 Å². The van der Waals surface area contributed by atoms with E-state index in [1.54, 1.807) is 19.2 Å². The number of nitrogens with one attached hydrogen (secondary N) is 2. The molecule has 0 fully saturated rings. The molecule has 1 amide bonds. The molecule has 8 nitrogen and oxygen atoms in total. The normalized spacial score (nSPS) is 11.4. The van der Waals surface area contributed by atoms with Gasteiger partial charge in [0.05, 0.1) is 19.3 Å². The number of benzene rings is 2. The highest BCUT2D eigenvalue weighted by Gasteiger charge is 2.33. The van der Waals surface area contributed by atoms with Gasteiger partial charge < -0.3 is 10.1 Å². The summed E-state index contributed by atoms with van der Waals surface area (Å²) in [4.78, 5) is 16.7.